The van der Waals surface area contributed by atoms with Gasteiger partial charge in [0.15, 0.2) is 17.2 Å². The number of amides is 3. The first-order valence-corrected chi connectivity index (χ1v) is 14.5. The minimum atomic E-state index is -1.26. The molecule has 0 radical (unpaired) electrons. The van der Waals surface area contributed by atoms with Crippen molar-refractivity contribution >= 4 is 40.6 Å². The quantitative estimate of drug-likeness (QED) is 0.207. The maximum Gasteiger partial charge on any atom is 0.273 e. The first-order chi connectivity index (χ1) is 21.1. The number of hydrogen-bond donors (Lipinski definition) is 3. The molecule has 3 aromatic carbocycles. The Hall–Kier alpha value is -5.10. The molecule has 0 aliphatic carbocycles. The van der Waals surface area contributed by atoms with E-state index in [1.807, 2.05) is 42.5 Å². The summed E-state index contributed by atoms with van der Waals surface area (Å²) in [6.45, 7) is 4.30. The van der Waals surface area contributed by atoms with Crippen molar-refractivity contribution in [1.82, 2.24) is 9.69 Å². The van der Waals surface area contributed by atoms with Gasteiger partial charge in [-0.3, -0.25) is 19.3 Å². The lowest BCUT2D eigenvalue weighted by Gasteiger charge is -2.32. The summed E-state index contributed by atoms with van der Waals surface area (Å²) < 4.78 is 20.7. The van der Waals surface area contributed by atoms with Gasteiger partial charge in [0.2, 0.25) is 11.7 Å². The lowest BCUT2D eigenvalue weighted by Crippen LogP contribution is -2.44. The van der Waals surface area contributed by atoms with Gasteiger partial charge in [0.25, 0.3) is 11.8 Å². The summed E-state index contributed by atoms with van der Waals surface area (Å²) in [7, 11) is 4.39. The third-order valence-electron chi connectivity index (χ3n) is 7.03. The molecule has 1 aromatic heterocycles. The van der Waals surface area contributed by atoms with Crippen LogP contribution < -0.4 is 35.9 Å². The number of carbonyl (C=O) groups excluding carboxylic acids is 3. The maximum atomic E-state index is 14.4. The minimum absolute atomic E-state index is 0.0416. The Morgan fingerprint density at radius 2 is 1.52 bits per heavy atom. The van der Waals surface area contributed by atoms with Crippen molar-refractivity contribution in [2.75, 3.05) is 32.0 Å². The van der Waals surface area contributed by atoms with E-state index in [1.165, 1.54) is 26.2 Å². The highest BCUT2D eigenvalue weighted by molar-refractivity contribution is 7.09. The molecule has 12 heteroatoms. The number of hydrogen-bond acceptors (Lipinski definition) is 9. The van der Waals surface area contributed by atoms with Gasteiger partial charge in [-0.2, -0.15) is 4.37 Å². The zero-order valence-electron chi connectivity index (χ0n) is 25.1. The fourth-order valence-corrected chi connectivity index (χ4v) is 5.44. The van der Waals surface area contributed by atoms with Crippen LogP contribution in [0.2, 0.25) is 0 Å². The third-order valence-corrected chi connectivity index (χ3v) is 7.88. The molecule has 0 spiro atoms. The molecule has 3 amide bonds. The molecule has 11 nitrogen and oxygen atoms in total. The Balaban J connectivity index is 1.94. The van der Waals surface area contributed by atoms with Gasteiger partial charge >= 0.3 is 0 Å². The number of benzene rings is 3. The van der Waals surface area contributed by atoms with Crippen LogP contribution in [-0.2, 0) is 11.3 Å². The second-order valence-electron chi connectivity index (χ2n) is 10.1. The Morgan fingerprint density at radius 1 is 0.909 bits per heavy atom. The second-order valence-corrected chi connectivity index (χ2v) is 10.9. The fraction of sp³-hybridized carbons (Fsp3) is 0.250. The van der Waals surface area contributed by atoms with Crippen LogP contribution in [0.4, 0.5) is 11.4 Å². The van der Waals surface area contributed by atoms with E-state index in [0.717, 1.165) is 22.7 Å². The molecule has 5 N–H and O–H groups in total. The first-order valence-electron chi connectivity index (χ1n) is 13.7. The Labute approximate surface area is 259 Å². The Morgan fingerprint density at radius 3 is 2.02 bits per heavy atom. The molecule has 4 aromatic rings. The molecule has 0 unspecified atom stereocenters. The molecule has 230 valence electrons. The van der Waals surface area contributed by atoms with Gasteiger partial charge in [-0.25, -0.2) is 0 Å². The van der Waals surface area contributed by atoms with Crippen LogP contribution in [0.15, 0.2) is 66.7 Å². The van der Waals surface area contributed by atoms with Gasteiger partial charge in [-0.05, 0) is 58.4 Å². The molecular weight excluding hydrogens is 582 g/mol. The van der Waals surface area contributed by atoms with E-state index in [4.69, 9.17) is 25.7 Å². The van der Waals surface area contributed by atoms with E-state index in [-0.39, 0.29) is 28.7 Å². The topological polar surface area (TPSA) is 159 Å². The van der Waals surface area contributed by atoms with Crippen LogP contribution in [0, 0.1) is 0 Å². The summed E-state index contributed by atoms with van der Waals surface area (Å²) in [5.74, 6) is -0.895. The first kappa shape index (κ1) is 31.8. The number of nitrogens with one attached hydrogen (secondary N) is 1. The predicted octanol–water partition coefficient (Wildman–Crippen LogP) is 4.68. The van der Waals surface area contributed by atoms with Crippen molar-refractivity contribution in [3.8, 4) is 17.2 Å². The van der Waals surface area contributed by atoms with Crippen LogP contribution in [-0.4, -0.2) is 43.4 Å². The fourth-order valence-electron chi connectivity index (χ4n) is 4.70. The Kier molecular flexibility index (Phi) is 10.1. The van der Waals surface area contributed by atoms with Gasteiger partial charge < -0.3 is 31.0 Å². The number of anilines is 2. The summed E-state index contributed by atoms with van der Waals surface area (Å²) in [6.07, 6.45) is 0. The Bertz CT molecular complexity index is 1610. The van der Waals surface area contributed by atoms with E-state index < -0.39 is 23.8 Å². The van der Waals surface area contributed by atoms with Crippen LogP contribution in [0.3, 0.4) is 0 Å². The molecule has 4 rings (SSSR count). The SMILES string of the molecule is COc1cc([C@H](C(=O)NCc2ccccc2)N(C(=O)c2snc(C(N)=O)c2N)c2ccc(C(C)C)cc2)cc(OC)c1OC. The van der Waals surface area contributed by atoms with Crippen LogP contribution in [0.5, 0.6) is 17.2 Å². The van der Waals surface area contributed by atoms with Crippen molar-refractivity contribution in [2.24, 2.45) is 5.73 Å². The third kappa shape index (κ3) is 6.60. The van der Waals surface area contributed by atoms with Gasteiger partial charge in [0, 0.05) is 12.2 Å². The summed E-state index contributed by atoms with van der Waals surface area (Å²) in [6, 6.07) is 18.6. The van der Waals surface area contributed by atoms with E-state index in [0.29, 0.717) is 28.5 Å². The number of nitrogens with zero attached hydrogens (tertiary/aromatic N) is 2. The van der Waals surface area contributed by atoms with Crippen molar-refractivity contribution in [2.45, 2.75) is 32.4 Å². The second kappa shape index (κ2) is 13.9. The number of nitrogen functional groups attached to an aromatic ring is 1. The van der Waals surface area contributed by atoms with E-state index in [2.05, 4.69) is 23.5 Å². The van der Waals surface area contributed by atoms with Crippen LogP contribution in [0.25, 0.3) is 0 Å². The van der Waals surface area contributed by atoms with Crippen LogP contribution in [0.1, 0.15) is 62.7 Å². The predicted molar refractivity (Wildman–Crippen MR) is 170 cm³/mol. The standard InChI is InChI=1S/C32H35N5O6S/c1-18(2)20-11-13-22(14-12-20)37(32(40)29-25(33)26(30(34)38)36-44-29)27(31(39)35-17-19-9-7-6-8-10-19)21-15-23(41-3)28(43-5)24(16-21)42-4/h6-16,18,27H,17,33H2,1-5H3,(H2,34,38)(H,35,39)/t27-/m1/s1. The molecule has 1 heterocycles. The summed E-state index contributed by atoms with van der Waals surface area (Å²) in [5.41, 5.74) is 13.9. The van der Waals surface area contributed by atoms with Gasteiger partial charge in [0.05, 0.1) is 27.0 Å². The largest absolute Gasteiger partial charge is 0.493 e. The average Bonchev–Trinajstić information content (AvgIpc) is 3.43. The number of primary amides is 1. The normalized spacial score (nSPS) is 11.5. The van der Waals surface area contributed by atoms with E-state index in [9.17, 15) is 14.4 Å². The van der Waals surface area contributed by atoms with Crippen molar-refractivity contribution in [3.05, 3.63) is 94.0 Å². The summed E-state index contributed by atoms with van der Waals surface area (Å²) in [4.78, 5) is 41.9. The zero-order valence-corrected chi connectivity index (χ0v) is 25.9. The lowest BCUT2D eigenvalue weighted by atomic mass is 9.99. The molecule has 0 bridgehead atoms. The van der Waals surface area contributed by atoms with Gasteiger partial charge in [-0.15, -0.1) is 0 Å². The zero-order chi connectivity index (χ0) is 32.0. The maximum absolute atomic E-state index is 14.4. The molecule has 0 saturated carbocycles. The molecular formula is C32H35N5O6S. The molecule has 0 saturated heterocycles. The number of methoxy groups -OCH3 is 3. The highest BCUT2D eigenvalue weighted by Gasteiger charge is 2.37. The number of nitrogens with two attached hydrogens (primary N) is 2. The molecule has 0 aliphatic rings. The van der Waals surface area contributed by atoms with Crippen molar-refractivity contribution in [1.29, 1.82) is 0 Å². The number of aromatic nitrogens is 1. The average molecular weight is 618 g/mol. The minimum Gasteiger partial charge on any atom is -0.493 e. The van der Waals surface area contributed by atoms with Crippen molar-refractivity contribution in [3.63, 3.8) is 0 Å². The van der Waals surface area contributed by atoms with E-state index >= 15 is 0 Å². The number of carbonyl (C=O) groups is 3. The number of rotatable bonds is 12. The smallest absolute Gasteiger partial charge is 0.273 e. The molecule has 44 heavy (non-hydrogen) atoms. The molecule has 0 fully saturated rings. The monoisotopic (exact) mass is 617 g/mol. The molecule has 1 atom stereocenters. The molecule has 0 aliphatic heterocycles. The van der Waals surface area contributed by atoms with Gasteiger partial charge in [-0.1, -0.05) is 56.3 Å². The summed E-state index contributed by atoms with van der Waals surface area (Å²) in [5, 5.41) is 2.96. The highest BCUT2D eigenvalue weighted by atomic mass is 32.1. The van der Waals surface area contributed by atoms with E-state index in [1.54, 1.807) is 24.3 Å². The highest BCUT2D eigenvalue weighted by Crippen LogP contribution is 2.42. The van der Waals surface area contributed by atoms with Gasteiger partial charge in [0.1, 0.15) is 10.9 Å². The summed E-state index contributed by atoms with van der Waals surface area (Å²) >= 11 is 0.731. The van der Waals surface area contributed by atoms with Crippen LogP contribution >= 0.6 is 11.5 Å². The lowest BCUT2D eigenvalue weighted by molar-refractivity contribution is -0.122. The number of ether oxygens (including phenoxy) is 3. The van der Waals surface area contributed by atoms with Crippen molar-refractivity contribution < 1.29 is 28.6 Å².